The highest BCUT2D eigenvalue weighted by molar-refractivity contribution is 5.81. The monoisotopic (exact) mass is 274 g/mol. The number of rotatable bonds is 3. The highest BCUT2D eigenvalue weighted by Gasteiger charge is 2.03. The van der Waals surface area contributed by atoms with Crippen LogP contribution in [0, 0.1) is 22.7 Å². The number of hydrogen-bond donors (Lipinski definition) is 1. The molecule has 4 heteroatoms. The topological polar surface area (TPSA) is 84.9 Å². The van der Waals surface area contributed by atoms with Crippen molar-refractivity contribution < 1.29 is 9.90 Å². The molecular formula is C17H10N2O2. The van der Waals surface area contributed by atoms with E-state index in [1.807, 2.05) is 12.1 Å². The third kappa shape index (κ3) is 3.15. The van der Waals surface area contributed by atoms with Gasteiger partial charge in [0.2, 0.25) is 0 Å². The van der Waals surface area contributed by atoms with Crippen LogP contribution < -0.4 is 0 Å². The van der Waals surface area contributed by atoms with Crippen LogP contribution >= 0.6 is 0 Å². The maximum Gasteiger partial charge on any atom is 0.153 e. The van der Waals surface area contributed by atoms with Gasteiger partial charge in [-0.1, -0.05) is 30.3 Å². The van der Waals surface area contributed by atoms with Crippen LogP contribution in [-0.2, 0) is 0 Å². The van der Waals surface area contributed by atoms with Gasteiger partial charge in [-0.25, -0.2) is 0 Å². The Bertz CT molecular complexity index is 775. The largest absolute Gasteiger partial charge is 0.507 e. The zero-order valence-corrected chi connectivity index (χ0v) is 10.9. The van der Waals surface area contributed by atoms with Gasteiger partial charge in [0.05, 0.1) is 5.56 Å². The van der Waals surface area contributed by atoms with E-state index in [2.05, 4.69) is 0 Å². The van der Waals surface area contributed by atoms with Crippen LogP contribution in [0.5, 0.6) is 5.75 Å². The predicted octanol–water partition coefficient (Wildman–Crippen LogP) is 3.30. The van der Waals surface area contributed by atoms with Crippen LogP contribution in [0.15, 0.2) is 48.0 Å². The fourth-order valence-corrected chi connectivity index (χ4v) is 1.85. The molecule has 0 aliphatic heterocycles. The zero-order chi connectivity index (χ0) is 15.2. The van der Waals surface area contributed by atoms with Crippen molar-refractivity contribution in [2.24, 2.45) is 0 Å². The summed E-state index contributed by atoms with van der Waals surface area (Å²) in [6.45, 7) is 0. The molecule has 0 heterocycles. The van der Waals surface area contributed by atoms with Gasteiger partial charge < -0.3 is 5.11 Å². The van der Waals surface area contributed by atoms with E-state index in [4.69, 9.17) is 10.5 Å². The molecule has 0 amide bonds. The quantitative estimate of drug-likeness (QED) is 0.687. The van der Waals surface area contributed by atoms with Crippen LogP contribution in [0.2, 0.25) is 0 Å². The molecule has 2 aromatic rings. The van der Waals surface area contributed by atoms with Crippen molar-refractivity contribution in [2.45, 2.75) is 0 Å². The Kier molecular flexibility index (Phi) is 4.14. The molecule has 0 saturated heterocycles. The first-order chi connectivity index (χ1) is 10.2. The lowest BCUT2D eigenvalue weighted by atomic mass is 10.0. The van der Waals surface area contributed by atoms with Crippen molar-refractivity contribution in [3.8, 4) is 29.0 Å². The third-order valence-electron chi connectivity index (χ3n) is 2.95. The molecule has 1 N–H and O–H groups in total. The molecule has 0 fully saturated rings. The molecule has 0 atom stereocenters. The molecule has 0 spiro atoms. The summed E-state index contributed by atoms with van der Waals surface area (Å²) in [4.78, 5) is 10.7. The van der Waals surface area contributed by atoms with Crippen molar-refractivity contribution in [3.63, 3.8) is 0 Å². The molecule has 2 rings (SSSR count). The fourth-order valence-electron chi connectivity index (χ4n) is 1.85. The highest BCUT2D eigenvalue weighted by Crippen LogP contribution is 2.26. The van der Waals surface area contributed by atoms with E-state index in [9.17, 15) is 9.90 Å². The standard InChI is InChI=1S/C17H10N2O2/c18-9-13(10-19)7-12-1-3-14(4-2-12)15-5-6-16(11-20)17(21)8-15/h1-8,11,21H. The van der Waals surface area contributed by atoms with Crippen molar-refractivity contribution in [3.05, 3.63) is 59.2 Å². The van der Waals surface area contributed by atoms with Gasteiger partial charge in [-0.3, -0.25) is 4.79 Å². The number of allylic oxidation sites excluding steroid dienone is 1. The average molecular weight is 274 g/mol. The normalized spacial score (nSPS) is 9.24. The number of nitriles is 2. The first-order valence-corrected chi connectivity index (χ1v) is 6.08. The molecular weight excluding hydrogens is 264 g/mol. The molecule has 0 unspecified atom stereocenters. The molecule has 0 saturated carbocycles. The molecule has 0 aliphatic carbocycles. The van der Waals surface area contributed by atoms with Gasteiger partial charge >= 0.3 is 0 Å². The number of hydrogen-bond acceptors (Lipinski definition) is 4. The number of carbonyl (C=O) groups excluding carboxylic acids is 1. The molecule has 0 aliphatic rings. The predicted molar refractivity (Wildman–Crippen MR) is 78.1 cm³/mol. The number of aromatic hydroxyl groups is 1. The van der Waals surface area contributed by atoms with Crippen molar-refractivity contribution in [1.29, 1.82) is 10.5 Å². The molecule has 0 radical (unpaired) electrons. The molecule has 21 heavy (non-hydrogen) atoms. The van der Waals surface area contributed by atoms with E-state index in [0.717, 1.165) is 16.7 Å². The Morgan fingerprint density at radius 1 is 1.00 bits per heavy atom. The summed E-state index contributed by atoms with van der Waals surface area (Å²) in [5.41, 5.74) is 2.65. The van der Waals surface area contributed by atoms with Gasteiger partial charge in [-0.05, 0) is 34.9 Å². The van der Waals surface area contributed by atoms with Crippen LogP contribution in [-0.4, -0.2) is 11.4 Å². The van der Waals surface area contributed by atoms with E-state index < -0.39 is 0 Å². The van der Waals surface area contributed by atoms with Crippen molar-refractivity contribution in [2.75, 3.05) is 0 Å². The maximum atomic E-state index is 10.7. The minimum Gasteiger partial charge on any atom is -0.507 e. The van der Waals surface area contributed by atoms with Crippen molar-refractivity contribution >= 4 is 12.4 Å². The van der Waals surface area contributed by atoms with Gasteiger partial charge in [0, 0.05) is 0 Å². The summed E-state index contributed by atoms with van der Waals surface area (Å²) in [5, 5.41) is 27.1. The van der Waals surface area contributed by atoms with Crippen LogP contribution in [0.25, 0.3) is 17.2 Å². The Morgan fingerprint density at radius 2 is 1.62 bits per heavy atom. The first kappa shape index (κ1) is 14.0. The van der Waals surface area contributed by atoms with E-state index >= 15 is 0 Å². The van der Waals surface area contributed by atoms with E-state index in [1.54, 1.807) is 36.4 Å². The smallest absolute Gasteiger partial charge is 0.153 e. The number of phenols is 1. The van der Waals surface area contributed by atoms with E-state index in [1.165, 1.54) is 12.1 Å². The molecule has 0 bridgehead atoms. The number of nitrogens with zero attached hydrogens (tertiary/aromatic N) is 2. The highest BCUT2D eigenvalue weighted by atomic mass is 16.3. The minimum absolute atomic E-state index is 0.0377. The summed E-state index contributed by atoms with van der Waals surface area (Å²) < 4.78 is 0. The Hall–Kier alpha value is -3.37. The summed E-state index contributed by atoms with van der Waals surface area (Å²) >= 11 is 0. The second kappa shape index (κ2) is 6.18. The second-order valence-corrected chi connectivity index (χ2v) is 4.30. The number of aldehydes is 1. The van der Waals surface area contributed by atoms with Crippen molar-refractivity contribution in [1.82, 2.24) is 0 Å². The van der Waals surface area contributed by atoms with E-state index in [0.29, 0.717) is 6.29 Å². The molecule has 0 aromatic heterocycles. The maximum absolute atomic E-state index is 10.7. The van der Waals surface area contributed by atoms with Gasteiger partial charge in [0.15, 0.2) is 6.29 Å². The molecule has 2 aromatic carbocycles. The van der Waals surface area contributed by atoms with Crippen LogP contribution in [0.4, 0.5) is 0 Å². The Balaban J connectivity index is 2.34. The van der Waals surface area contributed by atoms with Crippen LogP contribution in [0.3, 0.4) is 0 Å². The molecule has 4 nitrogen and oxygen atoms in total. The fraction of sp³-hybridized carbons (Fsp3) is 0. The second-order valence-electron chi connectivity index (χ2n) is 4.30. The lowest BCUT2D eigenvalue weighted by molar-refractivity contribution is 0.112. The lowest BCUT2D eigenvalue weighted by Crippen LogP contribution is -1.84. The van der Waals surface area contributed by atoms with Crippen LogP contribution in [0.1, 0.15) is 15.9 Å². The van der Waals surface area contributed by atoms with Gasteiger partial charge in [-0.15, -0.1) is 0 Å². The SMILES string of the molecule is N#CC(C#N)=Cc1ccc(-c2ccc(C=O)c(O)c2)cc1. The van der Waals surface area contributed by atoms with E-state index in [-0.39, 0.29) is 16.9 Å². The summed E-state index contributed by atoms with van der Waals surface area (Å²) in [6.07, 6.45) is 2.09. The average Bonchev–Trinajstić information content (AvgIpc) is 2.53. The summed E-state index contributed by atoms with van der Waals surface area (Å²) in [7, 11) is 0. The van der Waals surface area contributed by atoms with Gasteiger partial charge in [0.1, 0.15) is 23.5 Å². The summed E-state index contributed by atoms with van der Waals surface area (Å²) in [5.74, 6) is -0.0669. The minimum atomic E-state index is -0.0669. The number of benzene rings is 2. The lowest BCUT2D eigenvalue weighted by Gasteiger charge is -2.04. The third-order valence-corrected chi connectivity index (χ3v) is 2.95. The zero-order valence-electron chi connectivity index (χ0n) is 10.9. The molecule has 100 valence electrons. The number of carbonyl (C=O) groups is 1. The first-order valence-electron chi connectivity index (χ1n) is 6.08. The Labute approximate surface area is 121 Å². The number of phenolic OH excluding ortho intramolecular Hbond substituents is 1. The Morgan fingerprint density at radius 3 is 2.14 bits per heavy atom. The van der Waals surface area contributed by atoms with Gasteiger partial charge in [0.25, 0.3) is 0 Å². The summed E-state index contributed by atoms with van der Waals surface area (Å²) in [6, 6.07) is 15.6. The van der Waals surface area contributed by atoms with Gasteiger partial charge in [-0.2, -0.15) is 10.5 Å².